The van der Waals surface area contributed by atoms with Gasteiger partial charge in [-0.1, -0.05) is 74.5 Å². The van der Waals surface area contributed by atoms with E-state index in [-0.39, 0.29) is 5.91 Å². The zero-order chi connectivity index (χ0) is 16.9. The number of rotatable bonds is 6. The molecule has 0 spiro atoms. The van der Waals surface area contributed by atoms with Crippen LogP contribution in [0.15, 0.2) is 60.7 Å². The minimum absolute atomic E-state index is 0.138. The molecule has 0 saturated heterocycles. The van der Waals surface area contributed by atoms with Gasteiger partial charge in [0.1, 0.15) is 5.60 Å². The number of aliphatic hydroxyl groups is 1. The highest BCUT2D eigenvalue weighted by atomic mass is 16.3. The van der Waals surface area contributed by atoms with Crippen LogP contribution in [-0.2, 0) is 10.4 Å². The summed E-state index contributed by atoms with van der Waals surface area (Å²) in [6.07, 6.45) is 0.680. The monoisotopic (exact) mass is 311 g/mol. The SMILES string of the molecule is CC(=O)N[C@H](CC(C)C)C(O)(c1ccccc1)c1ccccc1. The average molecular weight is 311 g/mol. The lowest BCUT2D eigenvalue weighted by Crippen LogP contribution is -2.51. The normalized spacial score (nSPS) is 12.9. The van der Waals surface area contributed by atoms with Gasteiger partial charge in [0.15, 0.2) is 0 Å². The highest BCUT2D eigenvalue weighted by molar-refractivity contribution is 5.73. The van der Waals surface area contributed by atoms with Crippen molar-refractivity contribution in [2.24, 2.45) is 5.92 Å². The molecule has 0 fully saturated rings. The molecule has 0 bridgehead atoms. The van der Waals surface area contributed by atoms with Crippen LogP contribution in [0.1, 0.15) is 38.3 Å². The molecule has 0 unspecified atom stereocenters. The van der Waals surface area contributed by atoms with Gasteiger partial charge in [-0.3, -0.25) is 4.79 Å². The van der Waals surface area contributed by atoms with Gasteiger partial charge in [0.2, 0.25) is 5.91 Å². The molecule has 122 valence electrons. The Morgan fingerprint density at radius 1 is 1.00 bits per heavy atom. The summed E-state index contributed by atoms with van der Waals surface area (Å²) in [5, 5.41) is 14.7. The fraction of sp³-hybridized carbons (Fsp3) is 0.350. The van der Waals surface area contributed by atoms with E-state index in [9.17, 15) is 9.90 Å². The molecule has 23 heavy (non-hydrogen) atoms. The molecule has 2 N–H and O–H groups in total. The standard InChI is InChI=1S/C20H25NO2/c1-15(2)14-19(21-16(3)22)20(23,17-10-6-4-7-11-17)18-12-8-5-9-13-18/h4-13,15,19,23H,14H2,1-3H3,(H,21,22)/t19-/m1/s1. The van der Waals surface area contributed by atoms with E-state index >= 15 is 0 Å². The van der Waals surface area contributed by atoms with Crippen LogP contribution in [0, 0.1) is 5.92 Å². The summed E-state index contributed by atoms with van der Waals surface area (Å²) < 4.78 is 0. The molecule has 0 aromatic heterocycles. The van der Waals surface area contributed by atoms with Crippen LogP contribution < -0.4 is 5.32 Å². The first kappa shape index (κ1) is 17.2. The molecule has 0 aliphatic heterocycles. The molecule has 0 aliphatic carbocycles. The molecule has 0 aliphatic rings. The smallest absolute Gasteiger partial charge is 0.217 e. The van der Waals surface area contributed by atoms with E-state index in [2.05, 4.69) is 19.2 Å². The zero-order valence-electron chi connectivity index (χ0n) is 14.0. The largest absolute Gasteiger partial charge is 0.378 e. The quantitative estimate of drug-likeness (QED) is 0.858. The summed E-state index contributed by atoms with van der Waals surface area (Å²) >= 11 is 0. The molecule has 1 amide bonds. The first-order valence-electron chi connectivity index (χ1n) is 8.05. The Hall–Kier alpha value is -2.13. The molecule has 0 heterocycles. The maximum absolute atomic E-state index is 11.7. The molecule has 3 nitrogen and oxygen atoms in total. The van der Waals surface area contributed by atoms with E-state index in [4.69, 9.17) is 0 Å². The van der Waals surface area contributed by atoms with Crippen LogP contribution in [0.25, 0.3) is 0 Å². The van der Waals surface area contributed by atoms with Gasteiger partial charge >= 0.3 is 0 Å². The Morgan fingerprint density at radius 2 is 1.43 bits per heavy atom. The maximum atomic E-state index is 11.7. The van der Waals surface area contributed by atoms with Crippen molar-refractivity contribution in [1.82, 2.24) is 5.32 Å². The number of nitrogens with one attached hydrogen (secondary N) is 1. The van der Waals surface area contributed by atoms with Crippen molar-refractivity contribution >= 4 is 5.91 Å². The Balaban J connectivity index is 2.57. The summed E-state index contributed by atoms with van der Waals surface area (Å²) in [6, 6.07) is 18.7. The Morgan fingerprint density at radius 3 is 1.78 bits per heavy atom. The van der Waals surface area contributed by atoms with E-state index < -0.39 is 11.6 Å². The van der Waals surface area contributed by atoms with Gasteiger partial charge in [0, 0.05) is 6.92 Å². The van der Waals surface area contributed by atoms with Gasteiger partial charge in [-0.15, -0.1) is 0 Å². The number of hydrogen-bond donors (Lipinski definition) is 2. The lowest BCUT2D eigenvalue weighted by molar-refractivity contribution is -0.121. The van der Waals surface area contributed by atoms with Crippen molar-refractivity contribution in [3.05, 3.63) is 71.8 Å². The molecule has 0 radical (unpaired) electrons. The number of amides is 1. The second-order valence-electron chi connectivity index (χ2n) is 6.38. The van der Waals surface area contributed by atoms with Crippen molar-refractivity contribution in [2.45, 2.75) is 38.8 Å². The molecule has 0 saturated carbocycles. The van der Waals surface area contributed by atoms with Crippen molar-refractivity contribution in [3.8, 4) is 0 Å². The predicted octanol–water partition coefficient (Wildman–Crippen LogP) is 3.47. The maximum Gasteiger partial charge on any atom is 0.217 e. The number of benzene rings is 2. The second-order valence-corrected chi connectivity index (χ2v) is 6.38. The first-order chi connectivity index (χ1) is 10.9. The summed E-state index contributed by atoms with van der Waals surface area (Å²) in [4.78, 5) is 11.7. The van der Waals surface area contributed by atoms with Gasteiger partial charge in [0.05, 0.1) is 6.04 Å². The van der Waals surface area contributed by atoms with Gasteiger partial charge < -0.3 is 10.4 Å². The van der Waals surface area contributed by atoms with Crippen LogP contribution in [0.3, 0.4) is 0 Å². The Bertz CT molecular complexity index is 583. The molecule has 2 aromatic rings. The number of carbonyl (C=O) groups is 1. The zero-order valence-corrected chi connectivity index (χ0v) is 14.0. The molecular weight excluding hydrogens is 286 g/mol. The lowest BCUT2D eigenvalue weighted by Gasteiger charge is -2.38. The van der Waals surface area contributed by atoms with Gasteiger partial charge in [-0.25, -0.2) is 0 Å². The molecule has 2 aromatic carbocycles. The van der Waals surface area contributed by atoms with Crippen molar-refractivity contribution in [2.75, 3.05) is 0 Å². The fourth-order valence-electron chi connectivity index (χ4n) is 3.00. The molecule has 2 rings (SSSR count). The van der Waals surface area contributed by atoms with E-state index in [1.165, 1.54) is 6.92 Å². The van der Waals surface area contributed by atoms with Crippen LogP contribution >= 0.6 is 0 Å². The van der Waals surface area contributed by atoms with Crippen LogP contribution in [0.2, 0.25) is 0 Å². The third-order valence-corrected chi connectivity index (χ3v) is 4.02. The minimum Gasteiger partial charge on any atom is -0.378 e. The average Bonchev–Trinajstić information content (AvgIpc) is 2.54. The van der Waals surface area contributed by atoms with Crippen LogP contribution in [0.4, 0.5) is 0 Å². The summed E-state index contributed by atoms with van der Waals surface area (Å²) in [5.41, 5.74) is 0.301. The third kappa shape index (κ3) is 3.99. The van der Waals surface area contributed by atoms with Gasteiger partial charge in [-0.05, 0) is 23.5 Å². The molecule has 3 heteroatoms. The minimum atomic E-state index is -1.27. The topological polar surface area (TPSA) is 49.3 Å². The van der Waals surface area contributed by atoms with Gasteiger partial charge in [0.25, 0.3) is 0 Å². The van der Waals surface area contributed by atoms with Crippen molar-refractivity contribution < 1.29 is 9.90 Å². The third-order valence-electron chi connectivity index (χ3n) is 4.02. The van der Waals surface area contributed by atoms with Gasteiger partial charge in [-0.2, -0.15) is 0 Å². The first-order valence-corrected chi connectivity index (χ1v) is 8.05. The molecular formula is C20H25NO2. The highest BCUT2D eigenvalue weighted by Gasteiger charge is 2.40. The van der Waals surface area contributed by atoms with Crippen LogP contribution in [0.5, 0.6) is 0 Å². The Kier molecular flexibility index (Phi) is 5.56. The summed E-state index contributed by atoms with van der Waals surface area (Å²) in [7, 11) is 0. The second kappa shape index (κ2) is 7.42. The summed E-state index contributed by atoms with van der Waals surface area (Å²) in [5.74, 6) is 0.201. The predicted molar refractivity (Wildman–Crippen MR) is 92.9 cm³/mol. The summed E-state index contributed by atoms with van der Waals surface area (Å²) in [6.45, 7) is 5.67. The van der Waals surface area contributed by atoms with Crippen LogP contribution in [-0.4, -0.2) is 17.1 Å². The van der Waals surface area contributed by atoms with E-state index in [0.29, 0.717) is 12.3 Å². The van der Waals surface area contributed by atoms with E-state index in [0.717, 1.165) is 11.1 Å². The molecule has 1 atom stereocenters. The van der Waals surface area contributed by atoms with Crippen molar-refractivity contribution in [1.29, 1.82) is 0 Å². The number of hydrogen-bond acceptors (Lipinski definition) is 2. The fourth-order valence-corrected chi connectivity index (χ4v) is 3.00. The highest BCUT2D eigenvalue weighted by Crippen LogP contribution is 2.35. The van der Waals surface area contributed by atoms with E-state index in [1.54, 1.807) is 0 Å². The number of carbonyl (C=O) groups excluding carboxylic acids is 1. The lowest BCUT2D eigenvalue weighted by atomic mass is 9.77. The van der Waals surface area contributed by atoms with Crippen molar-refractivity contribution in [3.63, 3.8) is 0 Å². The van der Waals surface area contributed by atoms with E-state index in [1.807, 2.05) is 60.7 Å². The Labute approximate surface area is 138 Å².